The summed E-state index contributed by atoms with van der Waals surface area (Å²) in [6, 6.07) is 0. The lowest BCUT2D eigenvalue weighted by Gasteiger charge is -2.14. The first-order valence-electron chi connectivity index (χ1n) is 3.37. The van der Waals surface area contributed by atoms with Gasteiger partial charge in [-0.05, 0) is 0 Å². The van der Waals surface area contributed by atoms with Crippen LogP contribution in [0.2, 0.25) is 0 Å². The summed E-state index contributed by atoms with van der Waals surface area (Å²) in [6.45, 7) is 0.364. The number of hydrogen-bond donors (Lipinski definition) is 2. The first kappa shape index (κ1) is 10.5. The normalized spacial score (nSPS) is 11.0. The van der Waals surface area contributed by atoms with Crippen molar-refractivity contribution in [3.63, 3.8) is 0 Å². The molecule has 0 bridgehead atoms. The van der Waals surface area contributed by atoms with Crippen LogP contribution in [0.5, 0.6) is 0 Å². The van der Waals surface area contributed by atoms with Crippen molar-refractivity contribution in [2.75, 3.05) is 20.7 Å². The quantitative estimate of drug-likeness (QED) is 0.269. The molecule has 0 unspecified atom stereocenters. The van der Waals surface area contributed by atoms with Gasteiger partial charge in [-0.2, -0.15) is 0 Å². The first-order chi connectivity index (χ1) is 5.61. The van der Waals surface area contributed by atoms with Crippen LogP contribution in [0.4, 0.5) is 4.79 Å². The van der Waals surface area contributed by atoms with Crippen LogP contribution in [0.15, 0.2) is 5.16 Å². The summed E-state index contributed by atoms with van der Waals surface area (Å²) in [5.41, 5.74) is 5.18. The van der Waals surface area contributed by atoms with Crippen LogP contribution in [0.25, 0.3) is 0 Å². The van der Waals surface area contributed by atoms with Crippen LogP contribution < -0.4 is 5.73 Å². The average Bonchev–Trinajstić information content (AvgIpc) is 2.11. The Labute approximate surface area is 70.6 Å². The topological polar surface area (TPSA) is 88.2 Å². The van der Waals surface area contributed by atoms with Crippen molar-refractivity contribution in [3.05, 3.63) is 0 Å². The maximum atomic E-state index is 10.8. The van der Waals surface area contributed by atoms with Crippen LogP contribution in [-0.4, -0.2) is 42.7 Å². The molecule has 0 atom stereocenters. The highest BCUT2D eigenvalue weighted by molar-refractivity contribution is 5.80. The fourth-order valence-electron chi connectivity index (χ4n) is 0.579. The number of hydrogen-bond acceptors (Lipinski definition) is 4. The van der Waals surface area contributed by atoms with Crippen LogP contribution in [0.3, 0.4) is 0 Å². The molecule has 12 heavy (non-hydrogen) atoms. The van der Waals surface area contributed by atoms with Crippen LogP contribution in [-0.2, 0) is 4.74 Å². The van der Waals surface area contributed by atoms with E-state index in [0.717, 1.165) is 0 Å². The maximum absolute atomic E-state index is 10.8. The number of oxime groups is 1. The van der Waals surface area contributed by atoms with Gasteiger partial charge in [-0.1, -0.05) is 5.16 Å². The number of nitrogens with zero attached hydrogens (tertiary/aromatic N) is 2. The van der Waals surface area contributed by atoms with Gasteiger partial charge in [0, 0.05) is 20.0 Å². The highest BCUT2D eigenvalue weighted by Gasteiger charge is 2.07. The minimum atomic E-state index is -0.444. The molecule has 0 aliphatic rings. The highest BCUT2D eigenvalue weighted by Crippen LogP contribution is 1.90. The minimum Gasteiger partial charge on any atom is -0.453 e. The molecule has 0 aromatic heterocycles. The van der Waals surface area contributed by atoms with Gasteiger partial charge in [0.15, 0.2) is 0 Å². The summed E-state index contributed by atoms with van der Waals surface area (Å²) in [6.07, 6.45) is -0.122. The zero-order valence-electron chi connectivity index (χ0n) is 7.15. The summed E-state index contributed by atoms with van der Waals surface area (Å²) in [4.78, 5) is 12.1. The molecule has 0 heterocycles. The van der Waals surface area contributed by atoms with Gasteiger partial charge in [-0.15, -0.1) is 0 Å². The molecule has 6 nitrogen and oxygen atoms in total. The third-order valence-corrected chi connectivity index (χ3v) is 1.32. The Morgan fingerprint density at radius 3 is 2.75 bits per heavy atom. The van der Waals surface area contributed by atoms with E-state index in [1.807, 2.05) is 0 Å². The fraction of sp³-hybridized carbons (Fsp3) is 0.667. The smallest absolute Gasteiger partial charge is 0.409 e. The molecule has 0 saturated heterocycles. The highest BCUT2D eigenvalue weighted by atomic mass is 16.5. The monoisotopic (exact) mass is 175 g/mol. The molecule has 3 N–H and O–H groups in total. The Kier molecular flexibility index (Phi) is 4.59. The zero-order valence-corrected chi connectivity index (χ0v) is 7.15. The number of carbonyl (C=O) groups excluding carboxylic acids is 1. The summed E-state index contributed by atoms with van der Waals surface area (Å²) in [7, 11) is 2.86. The van der Waals surface area contributed by atoms with Crippen molar-refractivity contribution in [3.8, 4) is 0 Å². The third-order valence-electron chi connectivity index (χ3n) is 1.32. The zero-order chi connectivity index (χ0) is 9.56. The van der Waals surface area contributed by atoms with Gasteiger partial charge >= 0.3 is 6.09 Å². The van der Waals surface area contributed by atoms with E-state index in [1.165, 1.54) is 12.0 Å². The summed E-state index contributed by atoms with van der Waals surface area (Å²) in [5, 5.41) is 10.9. The van der Waals surface area contributed by atoms with E-state index in [4.69, 9.17) is 10.9 Å². The number of nitrogens with two attached hydrogens (primary N) is 1. The van der Waals surface area contributed by atoms with Gasteiger partial charge in [0.2, 0.25) is 0 Å². The first-order valence-corrected chi connectivity index (χ1v) is 3.37. The van der Waals surface area contributed by atoms with Crippen molar-refractivity contribution >= 4 is 11.9 Å². The van der Waals surface area contributed by atoms with Gasteiger partial charge in [0.05, 0.1) is 7.11 Å². The molecule has 70 valence electrons. The van der Waals surface area contributed by atoms with Crippen LogP contribution in [0.1, 0.15) is 6.42 Å². The number of rotatable bonds is 3. The molecule has 0 aromatic rings. The minimum absolute atomic E-state index is 0.0887. The van der Waals surface area contributed by atoms with Crippen molar-refractivity contribution in [2.45, 2.75) is 6.42 Å². The molecule has 0 saturated carbocycles. The van der Waals surface area contributed by atoms with Gasteiger partial charge in [-0.3, -0.25) is 0 Å². The number of ether oxygens (including phenoxy) is 1. The lowest BCUT2D eigenvalue weighted by atomic mass is 10.4. The Morgan fingerprint density at radius 1 is 1.75 bits per heavy atom. The van der Waals surface area contributed by atoms with E-state index < -0.39 is 6.09 Å². The number of amides is 1. The molecular weight excluding hydrogens is 162 g/mol. The van der Waals surface area contributed by atoms with E-state index in [9.17, 15) is 4.79 Å². The van der Waals surface area contributed by atoms with Crippen molar-refractivity contribution in [1.82, 2.24) is 4.90 Å². The van der Waals surface area contributed by atoms with Gasteiger partial charge in [0.25, 0.3) is 0 Å². The molecule has 0 aliphatic carbocycles. The van der Waals surface area contributed by atoms with Crippen LogP contribution in [0, 0.1) is 0 Å². The Bertz CT molecular complexity index is 181. The molecule has 1 amide bonds. The van der Waals surface area contributed by atoms with Gasteiger partial charge in [0.1, 0.15) is 5.84 Å². The van der Waals surface area contributed by atoms with E-state index in [0.29, 0.717) is 13.0 Å². The summed E-state index contributed by atoms with van der Waals surface area (Å²) < 4.78 is 4.42. The molecule has 0 aromatic carbocycles. The van der Waals surface area contributed by atoms with E-state index >= 15 is 0 Å². The van der Waals surface area contributed by atoms with Crippen molar-refractivity contribution in [1.29, 1.82) is 0 Å². The molecule has 0 rings (SSSR count). The average molecular weight is 175 g/mol. The van der Waals surface area contributed by atoms with Crippen LogP contribution >= 0.6 is 0 Å². The lowest BCUT2D eigenvalue weighted by molar-refractivity contribution is 0.134. The molecule has 0 fully saturated rings. The summed E-state index contributed by atoms with van der Waals surface area (Å²) in [5.74, 6) is 0.0887. The van der Waals surface area contributed by atoms with E-state index in [2.05, 4.69) is 9.89 Å². The largest absolute Gasteiger partial charge is 0.453 e. The van der Waals surface area contributed by atoms with Crippen molar-refractivity contribution < 1.29 is 14.7 Å². The number of carbonyl (C=O) groups is 1. The second-order valence-corrected chi connectivity index (χ2v) is 2.23. The lowest BCUT2D eigenvalue weighted by Crippen LogP contribution is -2.30. The molecule has 6 heteroatoms. The van der Waals surface area contributed by atoms with E-state index in [-0.39, 0.29) is 5.84 Å². The second-order valence-electron chi connectivity index (χ2n) is 2.23. The van der Waals surface area contributed by atoms with Crippen molar-refractivity contribution in [2.24, 2.45) is 10.9 Å². The Balaban J connectivity index is 3.71. The second kappa shape index (κ2) is 5.22. The third kappa shape index (κ3) is 3.65. The van der Waals surface area contributed by atoms with Gasteiger partial charge < -0.3 is 20.6 Å². The predicted molar refractivity (Wildman–Crippen MR) is 43.1 cm³/mol. The predicted octanol–water partition coefficient (Wildman–Crippen LogP) is -0.179. The molecular formula is C6H13N3O3. The Morgan fingerprint density at radius 2 is 2.33 bits per heavy atom. The Hall–Kier alpha value is -1.46. The van der Waals surface area contributed by atoms with Gasteiger partial charge in [-0.25, -0.2) is 4.79 Å². The SMILES string of the molecule is COC(=O)N(C)CC/C(N)=N/O. The number of methoxy groups -OCH3 is 1. The molecule has 0 aliphatic heterocycles. The number of amidine groups is 1. The fourth-order valence-corrected chi connectivity index (χ4v) is 0.579. The summed E-state index contributed by atoms with van der Waals surface area (Å²) >= 11 is 0. The van der Waals surface area contributed by atoms with E-state index in [1.54, 1.807) is 7.05 Å². The molecule has 0 spiro atoms. The standard InChI is InChI=1S/C6H13N3O3/c1-9(6(10)12-2)4-3-5(7)8-11/h11H,3-4H2,1-2H3,(H2,7,8). The maximum Gasteiger partial charge on any atom is 0.409 e. The molecule has 0 radical (unpaired) electrons.